The Hall–Kier alpha value is -5.70. The minimum atomic E-state index is -4.24. The van der Waals surface area contributed by atoms with Gasteiger partial charge in [0.05, 0.1) is 48.0 Å². The molecule has 2 aliphatic heterocycles. The van der Waals surface area contributed by atoms with Gasteiger partial charge in [-0.1, -0.05) is 59.6 Å². The number of halogens is 2. The summed E-state index contributed by atoms with van der Waals surface area (Å²) in [6, 6.07) is 22.1. The molecule has 0 unspecified atom stereocenters. The normalized spacial score (nSPS) is 24.5. The van der Waals surface area contributed by atoms with Crippen molar-refractivity contribution in [1.29, 1.82) is 0 Å². The lowest BCUT2D eigenvalue weighted by molar-refractivity contribution is 0.0458. The number of benzene rings is 4. The lowest BCUT2D eigenvalue weighted by Crippen LogP contribution is -2.49. The Kier molecular flexibility index (Phi) is 20.2. The maximum Gasteiger partial charge on any atom is 0.264 e. The number of hydrogen-bond acceptors (Lipinski definition) is 14. The van der Waals surface area contributed by atoms with Crippen LogP contribution in [0.4, 0.5) is 11.4 Å². The number of carbonyl (C=O) groups is 2. The van der Waals surface area contributed by atoms with Crippen LogP contribution in [0.15, 0.2) is 123 Å². The summed E-state index contributed by atoms with van der Waals surface area (Å²) in [5.41, 5.74) is 2.78. The summed E-state index contributed by atoms with van der Waals surface area (Å²) in [5.74, 6) is 0.263. The number of anilines is 2. The molecule has 6 aliphatic rings. The third-order valence-corrected chi connectivity index (χ3v) is 23.8. The molecule has 4 aromatic rings. The first-order valence-corrected chi connectivity index (χ1v) is 34.4. The number of aliphatic hydroxyl groups excluding tert-OH is 2. The fraction of sp³-hybridized carbons (Fsp3) is 0.500. The average Bonchev–Trinajstić information content (AvgIpc) is 1.65. The first-order chi connectivity index (χ1) is 41.5. The van der Waals surface area contributed by atoms with Crippen LogP contribution in [-0.4, -0.2) is 122 Å². The Morgan fingerprint density at radius 3 is 1.34 bits per heavy atom. The number of allylic oxidation sites excluding steroid dienone is 2. The molecule has 0 aromatic heterocycles. The second-order valence-corrected chi connectivity index (χ2v) is 30.9. The summed E-state index contributed by atoms with van der Waals surface area (Å²) in [4.78, 5) is 31.3. The smallest absolute Gasteiger partial charge is 0.264 e. The van der Waals surface area contributed by atoms with Gasteiger partial charge in [0, 0.05) is 58.2 Å². The van der Waals surface area contributed by atoms with E-state index in [-0.39, 0.29) is 58.5 Å². The molecule has 4 aromatic carbocycles. The molecule has 0 saturated heterocycles. The van der Waals surface area contributed by atoms with Crippen molar-refractivity contribution < 1.29 is 56.3 Å². The number of fused-ring (bicyclic) bond motifs is 6. The molecule has 10 atom stereocenters. The predicted molar refractivity (Wildman–Crippen MR) is 348 cm³/mol. The van der Waals surface area contributed by atoms with Crippen LogP contribution in [0.25, 0.3) is 0 Å². The number of nitrogens with zero attached hydrogens (tertiary/aromatic N) is 2. The molecule has 476 valence electrons. The van der Waals surface area contributed by atoms with Gasteiger partial charge in [0.25, 0.3) is 11.8 Å². The number of aliphatic hydroxyl groups is 4. The molecule has 88 heavy (non-hydrogen) atoms. The van der Waals surface area contributed by atoms with Crippen LogP contribution in [0.3, 0.4) is 0 Å². The highest BCUT2D eigenvalue weighted by molar-refractivity contribution is 7.91. The number of nitrogens with one attached hydrogen (secondary N) is 2. The zero-order valence-corrected chi connectivity index (χ0v) is 54.1. The van der Waals surface area contributed by atoms with Gasteiger partial charge in [0.15, 0.2) is 0 Å². The number of sulfonamides is 2. The lowest BCUT2D eigenvalue weighted by Gasteiger charge is -2.45. The van der Waals surface area contributed by atoms with Crippen LogP contribution in [0, 0.1) is 23.7 Å². The van der Waals surface area contributed by atoms with Gasteiger partial charge >= 0.3 is 0 Å². The van der Waals surface area contributed by atoms with E-state index in [4.69, 9.17) is 32.7 Å². The Bertz CT molecular complexity index is 3300. The molecule has 6 N–H and O–H groups in total. The highest BCUT2D eigenvalue weighted by Gasteiger charge is 2.47. The monoisotopic (exact) mass is 1280 g/mol. The molecule has 10 rings (SSSR count). The molecule has 4 aliphatic carbocycles. The van der Waals surface area contributed by atoms with E-state index >= 15 is 0 Å². The van der Waals surface area contributed by atoms with Gasteiger partial charge in [-0.2, -0.15) is 0 Å². The molecule has 2 fully saturated rings. The van der Waals surface area contributed by atoms with E-state index in [2.05, 4.69) is 57.7 Å². The van der Waals surface area contributed by atoms with Crippen molar-refractivity contribution in [1.82, 2.24) is 9.44 Å². The molecule has 0 radical (unpaired) electrons. The van der Waals surface area contributed by atoms with Gasteiger partial charge in [-0.3, -0.25) is 9.59 Å². The maximum absolute atomic E-state index is 13.4. The van der Waals surface area contributed by atoms with Crippen molar-refractivity contribution in [3.05, 3.63) is 167 Å². The first-order valence-electron chi connectivity index (χ1n) is 30.6. The zero-order chi connectivity index (χ0) is 63.7. The molecule has 16 nitrogen and oxygen atoms in total. The summed E-state index contributed by atoms with van der Waals surface area (Å²) in [6.07, 6.45) is 14.2. The molecular formula is C68H86Cl2N4O12S2. The van der Waals surface area contributed by atoms with Gasteiger partial charge in [0.2, 0.25) is 20.0 Å². The average molecular weight is 1290 g/mol. The van der Waals surface area contributed by atoms with Crippen molar-refractivity contribution >= 4 is 66.4 Å². The van der Waals surface area contributed by atoms with Crippen LogP contribution < -0.4 is 28.7 Å². The topological polar surface area (TPSA) is 232 Å². The predicted octanol–water partition coefficient (Wildman–Crippen LogP) is 10.3. The Morgan fingerprint density at radius 1 is 0.625 bits per heavy atom. The molecule has 20 heteroatoms. The van der Waals surface area contributed by atoms with E-state index in [0.717, 1.165) is 64.2 Å². The van der Waals surface area contributed by atoms with Crippen molar-refractivity contribution in [2.45, 2.75) is 149 Å². The Morgan fingerprint density at radius 2 is 1.01 bits per heavy atom. The molecule has 2 spiro atoms. The molecule has 0 bridgehead atoms. The third kappa shape index (κ3) is 14.2. The second-order valence-electron chi connectivity index (χ2n) is 26.3. The van der Waals surface area contributed by atoms with Gasteiger partial charge in [-0.05, 0) is 211 Å². The Balaban J connectivity index is 0.000000209. The SMILES string of the molecule is C=CC[C@@H](C(C)(C)O)S(=O)(=O)NC(=O)c1ccc2c(c1)N(C[C@@H]1CC[C@H]1[C@@H](O)C=C)C[C@@]1(CCCc3cc(Cl)ccc31)CO2.C=CC[C@H](C(C)(C)O)S(=O)(=O)NC(=O)c1ccc2c(c1)N(C[C@@H]1CC[C@H]1[C@@H](O)C=C)C[C@@]1(CCCc3cc(Cl)ccc31)CO2. The van der Waals surface area contributed by atoms with E-state index in [1.54, 1.807) is 48.6 Å². The number of carbonyl (C=O) groups excluding carboxylic acids is 2. The minimum absolute atomic E-state index is 0.0220. The number of aryl methyl sites for hydroxylation is 2. The van der Waals surface area contributed by atoms with E-state index in [9.17, 15) is 46.9 Å². The molecule has 2 heterocycles. The zero-order valence-electron chi connectivity index (χ0n) is 50.9. The van der Waals surface area contributed by atoms with Crippen LogP contribution in [0.1, 0.15) is 135 Å². The van der Waals surface area contributed by atoms with E-state index in [0.29, 0.717) is 72.3 Å². The van der Waals surface area contributed by atoms with Gasteiger partial charge < -0.3 is 39.7 Å². The quantitative estimate of drug-likeness (QED) is 0.0452. The van der Waals surface area contributed by atoms with Crippen LogP contribution >= 0.6 is 23.2 Å². The Labute approximate surface area is 529 Å². The van der Waals surface area contributed by atoms with Gasteiger partial charge in [0.1, 0.15) is 22.0 Å². The largest absolute Gasteiger partial charge is 0.490 e. The van der Waals surface area contributed by atoms with Crippen molar-refractivity contribution in [3.63, 3.8) is 0 Å². The second kappa shape index (κ2) is 26.6. The lowest BCUT2D eigenvalue weighted by atomic mass is 9.68. The van der Waals surface area contributed by atoms with Crippen LogP contribution in [0.2, 0.25) is 10.0 Å². The minimum Gasteiger partial charge on any atom is -0.490 e. The van der Waals surface area contributed by atoms with Crippen molar-refractivity contribution in [2.75, 3.05) is 49.2 Å². The number of rotatable bonds is 20. The number of amides is 2. The number of ether oxygens (including phenoxy) is 2. The highest BCUT2D eigenvalue weighted by Crippen LogP contribution is 2.49. The third-order valence-electron chi connectivity index (χ3n) is 19.4. The fourth-order valence-corrected chi connectivity index (χ4v) is 18.1. The highest BCUT2D eigenvalue weighted by atomic mass is 35.5. The summed E-state index contributed by atoms with van der Waals surface area (Å²) in [6.45, 7) is 23.8. The number of hydrogen-bond donors (Lipinski definition) is 6. The first kappa shape index (κ1) is 66.7. The summed E-state index contributed by atoms with van der Waals surface area (Å²) in [5, 5.41) is 41.1. The summed E-state index contributed by atoms with van der Waals surface area (Å²) >= 11 is 12.7. The van der Waals surface area contributed by atoms with Crippen LogP contribution in [0.5, 0.6) is 11.5 Å². The van der Waals surface area contributed by atoms with E-state index < -0.39 is 65.8 Å². The van der Waals surface area contributed by atoms with Crippen molar-refractivity contribution in [2.24, 2.45) is 23.7 Å². The van der Waals surface area contributed by atoms with Crippen molar-refractivity contribution in [3.8, 4) is 11.5 Å². The standard InChI is InChI=1S/2C34H43ClN2O6S/c2*1-5-8-31(33(3,4)40)44(41,42)36-32(39)23-11-15-30-28(18-23)37(19-24-10-13-26(24)29(38)6-2)20-34(21-43-30)16-7-9-22-17-25(35)12-14-27(22)34/h2*5-6,11-12,14-15,17-18,24,26,29,31,38,40H,1-2,7-10,13,16,19-21H2,3-4H3,(H,36,39)/t24-,26+,29-,31+,34-;24-,26+,29-,31-,34-/m00/s1. The van der Waals surface area contributed by atoms with E-state index in [1.807, 2.05) is 24.3 Å². The molecular weight excluding hydrogens is 1200 g/mol. The van der Waals surface area contributed by atoms with Gasteiger partial charge in [-0.15, -0.1) is 26.3 Å². The summed E-state index contributed by atoms with van der Waals surface area (Å²) < 4.78 is 70.2. The maximum atomic E-state index is 13.4. The van der Waals surface area contributed by atoms with E-state index in [1.165, 1.54) is 62.1 Å². The summed E-state index contributed by atoms with van der Waals surface area (Å²) in [7, 11) is -8.48. The van der Waals surface area contributed by atoms with Crippen LogP contribution in [-0.2, 0) is 43.7 Å². The molecule has 2 saturated carbocycles. The van der Waals surface area contributed by atoms with Gasteiger partial charge in [-0.25, -0.2) is 26.3 Å². The fourth-order valence-electron chi connectivity index (χ4n) is 14.4. The molecule has 2 amide bonds.